The molecule has 0 radical (unpaired) electrons. The minimum Gasteiger partial charge on any atom is -0.493 e. The van der Waals surface area contributed by atoms with Crippen molar-refractivity contribution in [2.45, 2.75) is 11.8 Å². The van der Waals surface area contributed by atoms with Crippen LogP contribution in [0.2, 0.25) is 0 Å². The maximum absolute atomic E-state index is 12.8. The minimum atomic E-state index is -4.17. The molecular weight excluding hydrogens is 430 g/mol. The van der Waals surface area contributed by atoms with Gasteiger partial charge in [-0.1, -0.05) is 0 Å². The second-order valence-electron chi connectivity index (χ2n) is 6.05. The van der Waals surface area contributed by atoms with Gasteiger partial charge in [-0.05, 0) is 31.2 Å². The molecule has 0 aliphatic carbocycles. The number of ether oxygens (including phenoxy) is 4. The third-order valence-electron chi connectivity index (χ3n) is 4.00. The lowest BCUT2D eigenvalue weighted by Crippen LogP contribution is -2.16. The number of carboxylic acid groups (broad SMARTS) is 1. The van der Waals surface area contributed by atoms with Crippen LogP contribution in [0.4, 0.5) is 5.69 Å². The van der Waals surface area contributed by atoms with Crippen LogP contribution in [0.3, 0.4) is 0 Å². The SMILES string of the molecule is CCOC(=O)c1ccc(S(=O)(=O)Nc2cc(OCCOC)c(OC)cc2C(=O)O)cc1. The Morgan fingerprint density at radius 1 is 1.03 bits per heavy atom. The molecule has 0 saturated carbocycles. The number of carbonyl (C=O) groups excluding carboxylic acids is 1. The van der Waals surface area contributed by atoms with Crippen molar-refractivity contribution < 1.29 is 42.1 Å². The highest BCUT2D eigenvalue weighted by Crippen LogP contribution is 2.34. The van der Waals surface area contributed by atoms with Gasteiger partial charge < -0.3 is 24.1 Å². The Kier molecular flexibility index (Phi) is 8.22. The average Bonchev–Trinajstić information content (AvgIpc) is 2.74. The third kappa shape index (κ3) is 6.09. The molecule has 0 aliphatic heterocycles. The van der Waals surface area contributed by atoms with Crippen molar-refractivity contribution >= 4 is 27.6 Å². The van der Waals surface area contributed by atoms with Crippen molar-refractivity contribution in [1.82, 2.24) is 0 Å². The summed E-state index contributed by atoms with van der Waals surface area (Å²) in [7, 11) is -1.35. The fourth-order valence-corrected chi connectivity index (χ4v) is 3.59. The van der Waals surface area contributed by atoms with E-state index in [1.54, 1.807) is 6.92 Å². The summed E-state index contributed by atoms with van der Waals surface area (Å²) in [5.41, 5.74) is -0.358. The number of carboxylic acids is 1. The normalized spacial score (nSPS) is 10.9. The molecule has 0 unspecified atom stereocenters. The Labute approximate surface area is 179 Å². The van der Waals surface area contributed by atoms with Crippen LogP contribution in [-0.2, 0) is 19.5 Å². The largest absolute Gasteiger partial charge is 0.493 e. The van der Waals surface area contributed by atoms with Crippen molar-refractivity contribution in [3.63, 3.8) is 0 Å². The molecule has 2 aromatic rings. The van der Waals surface area contributed by atoms with Crippen LogP contribution in [0, 0.1) is 0 Å². The molecule has 168 valence electrons. The molecule has 0 heterocycles. The quantitative estimate of drug-likeness (QED) is 0.388. The number of benzene rings is 2. The molecule has 0 atom stereocenters. The molecule has 0 aliphatic rings. The fourth-order valence-electron chi connectivity index (χ4n) is 2.52. The summed E-state index contributed by atoms with van der Waals surface area (Å²) in [6.45, 7) is 2.24. The van der Waals surface area contributed by atoms with Crippen LogP contribution in [0.15, 0.2) is 41.3 Å². The van der Waals surface area contributed by atoms with E-state index >= 15 is 0 Å². The molecule has 2 aromatic carbocycles. The lowest BCUT2D eigenvalue weighted by Gasteiger charge is -2.16. The summed E-state index contributed by atoms with van der Waals surface area (Å²) in [6, 6.07) is 7.42. The first-order chi connectivity index (χ1) is 14.7. The molecule has 0 fully saturated rings. The summed E-state index contributed by atoms with van der Waals surface area (Å²) in [6.07, 6.45) is 0. The van der Waals surface area contributed by atoms with Crippen molar-refractivity contribution in [3.05, 3.63) is 47.5 Å². The molecule has 10 nitrogen and oxygen atoms in total. The third-order valence-corrected chi connectivity index (χ3v) is 5.38. The molecular formula is C20H23NO9S. The van der Waals surface area contributed by atoms with Crippen LogP contribution in [-0.4, -0.2) is 59.5 Å². The first-order valence-corrected chi connectivity index (χ1v) is 10.6. The smallest absolute Gasteiger partial charge is 0.338 e. The maximum Gasteiger partial charge on any atom is 0.338 e. The molecule has 11 heteroatoms. The minimum absolute atomic E-state index is 0.121. The van der Waals surface area contributed by atoms with Gasteiger partial charge in [0.1, 0.15) is 6.61 Å². The van der Waals surface area contributed by atoms with E-state index in [1.807, 2.05) is 0 Å². The molecule has 0 saturated heterocycles. The monoisotopic (exact) mass is 453 g/mol. The van der Waals surface area contributed by atoms with Gasteiger partial charge in [0.15, 0.2) is 11.5 Å². The highest BCUT2D eigenvalue weighted by Gasteiger charge is 2.22. The van der Waals surface area contributed by atoms with Gasteiger partial charge in [-0.2, -0.15) is 0 Å². The van der Waals surface area contributed by atoms with Crippen molar-refractivity contribution in [2.24, 2.45) is 0 Å². The van der Waals surface area contributed by atoms with E-state index in [4.69, 9.17) is 18.9 Å². The molecule has 31 heavy (non-hydrogen) atoms. The second-order valence-corrected chi connectivity index (χ2v) is 7.73. The van der Waals surface area contributed by atoms with Gasteiger partial charge in [-0.25, -0.2) is 18.0 Å². The van der Waals surface area contributed by atoms with Crippen LogP contribution in [0.1, 0.15) is 27.6 Å². The zero-order valence-electron chi connectivity index (χ0n) is 17.2. The first-order valence-electron chi connectivity index (χ1n) is 9.10. The van der Waals surface area contributed by atoms with E-state index in [2.05, 4.69) is 4.72 Å². The number of sulfonamides is 1. The summed E-state index contributed by atoms with van der Waals surface area (Å²) < 4.78 is 48.3. The van der Waals surface area contributed by atoms with Gasteiger partial charge >= 0.3 is 11.9 Å². The van der Waals surface area contributed by atoms with E-state index in [0.29, 0.717) is 0 Å². The number of carbonyl (C=O) groups is 2. The first kappa shape index (κ1) is 24.0. The zero-order valence-corrected chi connectivity index (χ0v) is 18.0. The Bertz CT molecular complexity index is 1030. The predicted molar refractivity (Wildman–Crippen MR) is 111 cm³/mol. The molecule has 0 amide bonds. The topological polar surface area (TPSA) is 137 Å². The van der Waals surface area contributed by atoms with Crippen molar-refractivity contribution in [2.75, 3.05) is 38.8 Å². The number of anilines is 1. The molecule has 0 aromatic heterocycles. The molecule has 0 bridgehead atoms. The number of rotatable bonds is 11. The summed E-state index contributed by atoms with van der Waals surface area (Å²) in [5.74, 6) is -1.69. The lowest BCUT2D eigenvalue weighted by molar-refractivity contribution is 0.0525. The molecule has 2 rings (SSSR count). The summed E-state index contributed by atoms with van der Waals surface area (Å²) in [5, 5.41) is 9.50. The Morgan fingerprint density at radius 2 is 1.71 bits per heavy atom. The second kappa shape index (κ2) is 10.6. The van der Waals surface area contributed by atoms with Gasteiger partial charge in [0, 0.05) is 19.2 Å². The van der Waals surface area contributed by atoms with Crippen LogP contribution in [0.5, 0.6) is 11.5 Å². The van der Waals surface area contributed by atoms with E-state index in [9.17, 15) is 23.1 Å². The Hall–Kier alpha value is -3.31. The van der Waals surface area contributed by atoms with Gasteiger partial charge in [-0.3, -0.25) is 4.72 Å². The van der Waals surface area contributed by atoms with Gasteiger partial charge in [0.05, 0.1) is 42.0 Å². The van der Waals surface area contributed by atoms with E-state index in [-0.39, 0.29) is 53.0 Å². The Morgan fingerprint density at radius 3 is 2.26 bits per heavy atom. The predicted octanol–water partition coefficient (Wildman–Crippen LogP) is 2.40. The standard InChI is InChI=1S/C20H23NO9S/c1-4-29-20(24)13-5-7-14(8-6-13)31(25,26)21-16-12-18(30-10-9-27-2)17(28-3)11-15(16)19(22)23/h5-8,11-12,21H,4,9-10H2,1-3H3,(H,22,23). The lowest BCUT2D eigenvalue weighted by atomic mass is 10.1. The number of hydrogen-bond donors (Lipinski definition) is 2. The summed E-state index contributed by atoms with van der Waals surface area (Å²) >= 11 is 0. The van der Waals surface area contributed by atoms with Gasteiger partial charge in [0.25, 0.3) is 10.0 Å². The van der Waals surface area contributed by atoms with Gasteiger partial charge in [-0.15, -0.1) is 0 Å². The van der Waals surface area contributed by atoms with Crippen LogP contribution < -0.4 is 14.2 Å². The highest BCUT2D eigenvalue weighted by molar-refractivity contribution is 7.92. The summed E-state index contributed by atoms with van der Waals surface area (Å²) in [4.78, 5) is 23.2. The number of aromatic carboxylic acids is 1. The zero-order chi connectivity index (χ0) is 23.0. The highest BCUT2D eigenvalue weighted by atomic mass is 32.2. The van der Waals surface area contributed by atoms with Gasteiger partial charge in [0.2, 0.25) is 0 Å². The van der Waals surface area contributed by atoms with Crippen LogP contribution in [0.25, 0.3) is 0 Å². The number of methoxy groups -OCH3 is 2. The number of hydrogen-bond acceptors (Lipinski definition) is 8. The van der Waals surface area contributed by atoms with Crippen molar-refractivity contribution in [1.29, 1.82) is 0 Å². The fraction of sp³-hybridized carbons (Fsp3) is 0.300. The Balaban J connectivity index is 2.38. The van der Waals surface area contributed by atoms with E-state index in [0.717, 1.165) is 6.07 Å². The van der Waals surface area contributed by atoms with E-state index < -0.39 is 22.0 Å². The van der Waals surface area contributed by atoms with Crippen LogP contribution >= 0.6 is 0 Å². The number of nitrogens with one attached hydrogen (secondary N) is 1. The van der Waals surface area contributed by atoms with Crippen molar-refractivity contribution in [3.8, 4) is 11.5 Å². The number of esters is 1. The average molecular weight is 453 g/mol. The maximum atomic E-state index is 12.8. The molecule has 0 spiro atoms. The van der Waals surface area contributed by atoms with E-state index in [1.165, 1.54) is 44.6 Å². The molecule has 2 N–H and O–H groups in total.